The van der Waals surface area contributed by atoms with Crippen LogP contribution >= 0.6 is 23.2 Å². The number of halogens is 2. The Bertz CT molecular complexity index is 585. The predicted octanol–water partition coefficient (Wildman–Crippen LogP) is 3.93. The molecule has 1 aromatic heterocycles. The molecule has 20 heavy (non-hydrogen) atoms. The molecule has 1 heterocycles. The molecule has 106 valence electrons. The van der Waals surface area contributed by atoms with Crippen LogP contribution in [0.25, 0.3) is 0 Å². The quantitative estimate of drug-likeness (QED) is 0.929. The number of hydrogen-bond acceptors (Lipinski definition) is 2. The molecule has 0 aliphatic heterocycles. The van der Waals surface area contributed by atoms with Crippen molar-refractivity contribution in [3.8, 4) is 0 Å². The van der Waals surface area contributed by atoms with E-state index in [0.29, 0.717) is 28.9 Å². The summed E-state index contributed by atoms with van der Waals surface area (Å²) < 4.78 is 5.14. The molecular weight excluding hydrogens is 299 g/mol. The third kappa shape index (κ3) is 3.68. The summed E-state index contributed by atoms with van der Waals surface area (Å²) >= 11 is 12.0. The topological polar surface area (TPSA) is 45.5 Å². The van der Waals surface area contributed by atoms with Crippen molar-refractivity contribution in [3.63, 3.8) is 0 Å². The van der Waals surface area contributed by atoms with Gasteiger partial charge in [-0.25, -0.2) is 4.79 Å². The van der Waals surface area contributed by atoms with E-state index >= 15 is 0 Å². The Morgan fingerprint density at radius 3 is 2.80 bits per heavy atom. The van der Waals surface area contributed by atoms with Gasteiger partial charge in [0.15, 0.2) is 0 Å². The van der Waals surface area contributed by atoms with Crippen LogP contribution in [0.15, 0.2) is 41.0 Å². The van der Waals surface area contributed by atoms with E-state index in [-0.39, 0.29) is 6.03 Å². The molecule has 2 amide bonds. The van der Waals surface area contributed by atoms with Crippen LogP contribution in [0.4, 0.5) is 4.79 Å². The number of hydrogen-bond donors (Lipinski definition) is 1. The minimum absolute atomic E-state index is 0.211. The molecule has 0 radical (unpaired) electrons. The fraction of sp³-hybridized carbons (Fsp3) is 0.214. The molecule has 0 atom stereocenters. The van der Waals surface area contributed by atoms with Crippen molar-refractivity contribution in [2.75, 3.05) is 7.05 Å². The first-order chi connectivity index (χ1) is 9.58. The second-order valence-electron chi connectivity index (χ2n) is 4.31. The molecule has 0 saturated heterocycles. The molecule has 1 N–H and O–H groups in total. The van der Waals surface area contributed by atoms with Crippen molar-refractivity contribution in [3.05, 3.63) is 58.0 Å². The summed E-state index contributed by atoms with van der Waals surface area (Å²) in [4.78, 5) is 13.5. The highest BCUT2D eigenvalue weighted by Crippen LogP contribution is 2.26. The highest BCUT2D eigenvalue weighted by molar-refractivity contribution is 6.42. The molecule has 0 aliphatic carbocycles. The molecule has 0 saturated carbocycles. The van der Waals surface area contributed by atoms with Crippen LogP contribution in [0, 0.1) is 0 Å². The standard InChI is InChI=1S/C14H14Cl2N2O2/c1-18(9-10-4-2-6-12(15)13(10)16)14(19)17-8-11-5-3-7-20-11/h2-7H,8-9H2,1H3,(H,17,19). The van der Waals surface area contributed by atoms with Crippen LogP contribution in [0.5, 0.6) is 0 Å². The Hall–Kier alpha value is -1.65. The third-order valence-corrected chi connectivity index (χ3v) is 3.64. The molecular formula is C14H14Cl2N2O2. The van der Waals surface area contributed by atoms with Crippen LogP contribution < -0.4 is 5.32 Å². The Labute approximate surface area is 127 Å². The van der Waals surface area contributed by atoms with Gasteiger partial charge in [-0.3, -0.25) is 0 Å². The zero-order valence-electron chi connectivity index (χ0n) is 10.9. The largest absolute Gasteiger partial charge is 0.467 e. The Kier molecular flexibility index (Phi) is 4.93. The average molecular weight is 313 g/mol. The molecule has 2 aromatic rings. The number of benzene rings is 1. The van der Waals surface area contributed by atoms with Gasteiger partial charge in [0.25, 0.3) is 0 Å². The molecule has 0 bridgehead atoms. The predicted molar refractivity (Wildman–Crippen MR) is 78.9 cm³/mol. The summed E-state index contributed by atoms with van der Waals surface area (Å²) in [6.07, 6.45) is 1.57. The van der Waals surface area contributed by atoms with Gasteiger partial charge in [-0.15, -0.1) is 0 Å². The number of furan rings is 1. The second-order valence-corrected chi connectivity index (χ2v) is 5.09. The lowest BCUT2D eigenvalue weighted by Crippen LogP contribution is -2.36. The van der Waals surface area contributed by atoms with Crippen LogP contribution in [-0.2, 0) is 13.1 Å². The summed E-state index contributed by atoms with van der Waals surface area (Å²) in [6.45, 7) is 0.725. The molecule has 0 spiro atoms. The van der Waals surface area contributed by atoms with Crippen LogP contribution in [0.2, 0.25) is 10.0 Å². The Morgan fingerprint density at radius 2 is 2.10 bits per heavy atom. The average Bonchev–Trinajstić information content (AvgIpc) is 2.94. The van der Waals surface area contributed by atoms with Gasteiger partial charge in [0.05, 0.1) is 22.9 Å². The Balaban J connectivity index is 1.92. The van der Waals surface area contributed by atoms with E-state index in [2.05, 4.69) is 5.32 Å². The number of nitrogens with one attached hydrogen (secondary N) is 1. The molecule has 0 aliphatic rings. The maximum Gasteiger partial charge on any atom is 0.317 e. The fourth-order valence-corrected chi connectivity index (χ4v) is 2.09. The highest BCUT2D eigenvalue weighted by Gasteiger charge is 2.12. The number of urea groups is 1. The minimum atomic E-state index is -0.211. The SMILES string of the molecule is CN(Cc1cccc(Cl)c1Cl)C(=O)NCc1ccco1. The summed E-state index contributed by atoms with van der Waals surface area (Å²) in [7, 11) is 1.69. The van der Waals surface area contributed by atoms with Gasteiger partial charge in [-0.1, -0.05) is 35.3 Å². The van der Waals surface area contributed by atoms with E-state index < -0.39 is 0 Å². The van der Waals surface area contributed by atoms with Crippen LogP contribution in [-0.4, -0.2) is 18.0 Å². The lowest BCUT2D eigenvalue weighted by Gasteiger charge is -2.18. The van der Waals surface area contributed by atoms with Crippen molar-refractivity contribution >= 4 is 29.2 Å². The molecule has 0 unspecified atom stereocenters. The summed E-state index contributed by atoms with van der Waals surface area (Å²) in [6, 6.07) is 8.72. The lowest BCUT2D eigenvalue weighted by molar-refractivity contribution is 0.205. The van der Waals surface area contributed by atoms with E-state index in [9.17, 15) is 4.79 Å². The number of nitrogens with zero attached hydrogens (tertiary/aromatic N) is 1. The van der Waals surface area contributed by atoms with Gasteiger partial charge in [-0.2, -0.15) is 0 Å². The van der Waals surface area contributed by atoms with E-state index in [1.54, 1.807) is 37.6 Å². The maximum atomic E-state index is 11.9. The zero-order valence-corrected chi connectivity index (χ0v) is 12.4. The van der Waals surface area contributed by atoms with E-state index in [0.717, 1.165) is 5.56 Å². The molecule has 0 fully saturated rings. The molecule has 6 heteroatoms. The summed E-state index contributed by atoms with van der Waals surface area (Å²) in [5.41, 5.74) is 0.801. The van der Waals surface area contributed by atoms with Crippen molar-refractivity contribution in [1.29, 1.82) is 0 Å². The molecule has 4 nitrogen and oxygen atoms in total. The number of carbonyl (C=O) groups excluding carboxylic acids is 1. The smallest absolute Gasteiger partial charge is 0.317 e. The molecule has 2 rings (SSSR count). The van der Waals surface area contributed by atoms with Gasteiger partial charge in [-0.05, 0) is 23.8 Å². The number of carbonyl (C=O) groups is 1. The fourth-order valence-electron chi connectivity index (χ4n) is 1.71. The van der Waals surface area contributed by atoms with E-state index in [1.807, 2.05) is 6.07 Å². The Morgan fingerprint density at radius 1 is 1.30 bits per heavy atom. The minimum Gasteiger partial charge on any atom is -0.467 e. The van der Waals surface area contributed by atoms with Gasteiger partial charge in [0.1, 0.15) is 5.76 Å². The second kappa shape index (κ2) is 6.68. The number of rotatable bonds is 4. The normalized spacial score (nSPS) is 10.3. The van der Waals surface area contributed by atoms with Crippen molar-refractivity contribution in [1.82, 2.24) is 10.2 Å². The van der Waals surface area contributed by atoms with E-state index in [4.69, 9.17) is 27.6 Å². The summed E-state index contributed by atoms with van der Waals surface area (Å²) in [5, 5.41) is 3.71. The zero-order chi connectivity index (χ0) is 14.5. The first-order valence-electron chi connectivity index (χ1n) is 6.02. The van der Waals surface area contributed by atoms with Gasteiger partial charge in [0, 0.05) is 13.6 Å². The van der Waals surface area contributed by atoms with Crippen LogP contribution in [0.1, 0.15) is 11.3 Å². The number of amides is 2. The summed E-state index contributed by atoms with van der Waals surface area (Å²) in [5.74, 6) is 0.701. The van der Waals surface area contributed by atoms with Gasteiger partial charge in [0.2, 0.25) is 0 Å². The van der Waals surface area contributed by atoms with Crippen molar-refractivity contribution < 1.29 is 9.21 Å². The highest BCUT2D eigenvalue weighted by atomic mass is 35.5. The first-order valence-corrected chi connectivity index (χ1v) is 6.77. The van der Waals surface area contributed by atoms with Crippen LogP contribution in [0.3, 0.4) is 0 Å². The van der Waals surface area contributed by atoms with Crippen molar-refractivity contribution in [2.45, 2.75) is 13.1 Å². The third-order valence-electron chi connectivity index (χ3n) is 2.78. The molecule has 1 aromatic carbocycles. The lowest BCUT2D eigenvalue weighted by atomic mass is 10.2. The van der Waals surface area contributed by atoms with Crippen molar-refractivity contribution in [2.24, 2.45) is 0 Å². The van der Waals surface area contributed by atoms with Gasteiger partial charge >= 0.3 is 6.03 Å². The monoisotopic (exact) mass is 312 g/mol. The first kappa shape index (κ1) is 14.8. The van der Waals surface area contributed by atoms with E-state index in [1.165, 1.54) is 4.90 Å². The maximum absolute atomic E-state index is 11.9. The van der Waals surface area contributed by atoms with Gasteiger partial charge < -0.3 is 14.6 Å².